The predicted octanol–water partition coefficient (Wildman–Crippen LogP) is 5.47. The number of benzene rings is 2. The Bertz CT molecular complexity index is 581. The molecule has 1 atom stereocenters. The van der Waals surface area contributed by atoms with Gasteiger partial charge in [-0.1, -0.05) is 76.0 Å². The van der Waals surface area contributed by atoms with E-state index in [9.17, 15) is 0 Å². The average Bonchev–Trinajstić information content (AvgIpc) is 2.45. The molecule has 0 saturated carbocycles. The minimum absolute atomic E-state index is 0.217. The number of nitrogens with one attached hydrogen (secondary N) is 1. The van der Waals surface area contributed by atoms with Crippen molar-refractivity contribution in [3.63, 3.8) is 0 Å². The van der Waals surface area contributed by atoms with Crippen molar-refractivity contribution in [3.8, 4) is 0 Å². The van der Waals surface area contributed by atoms with E-state index in [-0.39, 0.29) is 6.04 Å². The molecular formula is C17H19Br2N. The van der Waals surface area contributed by atoms with Gasteiger partial charge in [0.05, 0.1) is 6.04 Å². The van der Waals surface area contributed by atoms with Crippen molar-refractivity contribution in [1.29, 1.82) is 0 Å². The lowest BCUT2D eigenvalue weighted by molar-refractivity contribution is 0.628. The third-order valence-electron chi connectivity index (χ3n) is 3.37. The first kappa shape index (κ1) is 15.7. The van der Waals surface area contributed by atoms with Crippen LogP contribution in [0.15, 0.2) is 51.4 Å². The molecule has 20 heavy (non-hydrogen) atoms. The summed E-state index contributed by atoms with van der Waals surface area (Å²) < 4.78 is 2.21. The number of rotatable bonds is 5. The van der Waals surface area contributed by atoms with Gasteiger partial charge in [0.15, 0.2) is 0 Å². The van der Waals surface area contributed by atoms with Gasteiger partial charge in [0.2, 0.25) is 0 Å². The lowest BCUT2D eigenvalue weighted by Crippen LogP contribution is -2.22. The maximum absolute atomic E-state index is 3.68. The first-order valence-corrected chi connectivity index (χ1v) is 8.51. The summed E-state index contributed by atoms with van der Waals surface area (Å²) in [6.45, 7) is 5.27. The smallest absolute Gasteiger partial charge is 0.0587 e. The van der Waals surface area contributed by atoms with E-state index in [1.54, 1.807) is 0 Å². The van der Waals surface area contributed by atoms with Crippen molar-refractivity contribution in [1.82, 2.24) is 5.32 Å². The van der Waals surface area contributed by atoms with Gasteiger partial charge in [0.1, 0.15) is 0 Å². The van der Waals surface area contributed by atoms with Crippen molar-refractivity contribution < 1.29 is 0 Å². The maximum Gasteiger partial charge on any atom is 0.0587 e. The zero-order valence-electron chi connectivity index (χ0n) is 11.8. The second-order valence-electron chi connectivity index (χ2n) is 4.76. The molecule has 0 spiro atoms. The molecule has 0 aliphatic carbocycles. The van der Waals surface area contributed by atoms with Crippen LogP contribution in [0.25, 0.3) is 0 Å². The Morgan fingerprint density at radius 3 is 2.50 bits per heavy atom. The Morgan fingerprint density at radius 2 is 1.85 bits per heavy atom. The summed E-state index contributed by atoms with van der Waals surface area (Å²) in [5, 5.41) is 3.58. The van der Waals surface area contributed by atoms with E-state index in [1.165, 1.54) is 16.7 Å². The molecule has 0 aliphatic heterocycles. The fourth-order valence-corrected chi connectivity index (χ4v) is 3.62. The largest absolute Gasteiger partial charge is 0.306 e. The molecule has 0 fully saturated rings. The van der Waals surface area contributed by atoms with Gasteiger partial charge in [-0.05, 0) is 41.8 Å². The number of hydrogen-bond donors (Lipinski definition) is 1. The van der Waals surface area contributed by atoms with Crippen molar-refractivity contribution in [3.05, 3.63) is 68.1 Å². The lowest BCUT2D eigenvalue weighted by Gasteiger charge is -2.21. The van der Waals surface area contributed by atoms with Crippen molar-refractivity contribution in [2.45, 2.75) is 26.3 Å². The summed E-state index contributed by atoms with van der Waals surface area (Å²) in [7, 11) is 0. The van der Waals surface area contributed by atoms with Gasteiger partial charge in [-0.2, -0.15) is 0 Å². The normalized spacial score (nSPS) is 12.4. The minimum Gasteiger partial charge on any atom is -0.306 e. The molecule has 1 N–H and O–H groups in total. The van der Waals surface area contributed by atoms with Crippen LogP contribution in [0, 0.1) is 0 Å². The zero-order valence-corrected chi connectivity index (χ0v) is 15.0. The summed E-state index contributed by atoms with van der Waals surface area (Å²) in [6, 6.07) is 15.4. The molecular weight excluding hydrogens is 378 g/mol. The highest BCUT2D eigenvalue weighted by Crippen LogP contribution is 2.31. The van der Waals surface area contributed by atoms with E-state index in [1.807, 2.05) is 0 Å². The third kappa shape index (κ3) is 3.72. The van der Waals surface area contributed by atoms with Crippen molar-refractivity contribution >= 4 is 31.9 Å². The summed E-state index contributed by atoms with van der Waals surface area (Å²) in [4.78, 5) is 0. The van der Waals surface area contributed by atoms with Crippen LogP contribution in [0.3, 0.4) is 0 Å². The second-order valence-corrected chi connectivity index (χ2v) is 6.53. The van der Waals surface area contributed by atoms with Crippen LogP contribution in [-0.2, 0) is 6.42 Å². The van der Waals surface area contributed by atoms with Crippen LogP contribution in [0.5, 0.6) is 0 Å². The minimum atomic E-state index is 0.217. The fourth-order valence-electron chi connectivity index (χ4n) is 2.34. The third-order valence-corrected chi connectivity index (χ3v) is 4.55. The van der Waals surface area contributed by atoms with Crippen LogP contribution in [0.4, 0.5) is 0 Å². The monoisotopic (exact) mass is 395 g/mol. The number of hydrogen-bond acceptors (Lipinski definition) is 1. The molecule has 0 amide bonds. The predicted molar refractivity (Wildman–Crippen MR) is 93.2 cm³/mol. The topological polar surface area (TPSA) is 12.0 Å². The van der Waals surface area contributed by atoms with Crippen LogP contribution < -0.4 is 5.32 Å². The van der Waals surface area contributed by atoms with Gasteiger partial charge >= 0.3 is 0 Å². The molecule has 3 heteroatoms. The second kappa shape index (κ2) is 7.39. The van der Waals surface area contributed by atoms with E-state index in [2.05, 4.69) is 93.5 Å². The standard InChI is InChI=1S/C17H19Br2N/c1-3-12-6-5-7-13(10-12)17(20-4-2)15-9-8-14(18)11-16(15)19/h5-11,17,20H,3-4H2,1-2H3. The van der Waals surface area contributed by atoms with Gasteiger partial charge in [-0.25, -0.2) is 0 Å². The molecule has 0 radical (unpaired) electrons. The summed E-state index contributed by atoms with van der Waals surface area (Å²) in [6.07, 6.45) is 1.06. The molecule has 0 saturated heterocycles. The quantitative estimate of drug-likeness (QED) is 0.706. The Kier molecular flexibility index (Phi) is 5.82. The first-order valence-electron chi connectivity index (χ1n) is 6.92. The molecule has 0 aliphatic rings. The molecule has 0 bridgehead atoms. The molecule has 2 aromatic carbocycles. The Labute approximate surface area is 138 Å². The highest BCUT2D eigenvalue weighted by atomic mass is 79.9. The van der Waals surface area contributed by atoms with Crippen molar-refractivity contribution in [2.75, 3.05) is 6.54 Å². The first-order chi connectivity index (χ1) is 9.65. The van der Waals surface area contributed by atoms with E-state index in [0.29, 0.717) is 0 Å². The molecule has 0 heterocycles. The molecule has 1 nitrogen and oxygen atoms in total. The van der Waals surface area contributed by atoms with Gasteiger partial charge in [-0.15, -0.1) is 0 Å². The van der Waals surface area contributed by atoms with Gasteiger partial charge in [0, 0.05) is 8.95 Å². The SMILES string of the molecule is CCNC(c1cccc(CC)c1)c1ccc(Br)cc1Br. The van der Waals surface area contributed by atoms with Crippen molar-refractivity contribution in [2.24, 2.45) is 0 Å². The summed E-state index contributed by atoms with van der Waals surface area (Å²) in [5.41, 5.74) is 3.95. The molecule has 1 unspecified atom stereocenters. The Hall–Kier alpha value is -0.640. The summed E-state index contributed by atoms with van der Waals surface area (Å²) in [5.74, 6) is 0. The Morgan fingerprint density at radius 1 is 1.05 bits per heavy atom. The van der Waals surface area contributed by atoms with Crippen LogP contribution >= 0.6 is 31.9 Å². The highest BCUT2D eigenvalue weighted by Gasteiger charge is 2.16. The maximum atomic E-state index is 3.68. The Balaban J connectivity index is 2.44. The van der Waals surface area contributed by atoms with Crippen LogP contribution in [0.2, 0.25) is 0 Å². The molecule has 106 valence electrons. The van der Waals surface area contributed by atoms with Crippen LogP contribution in [-0.4, -0.2) is 6.54 Å². The van der Waals surface area contributed by atoms with E-state index >= 15 is 0 Å². The fraction of sp³-hybridized carbons (Fsp3) is 0.294. The zero-order chi connectivity index (χ0) is 14.5. The van der Waals surface area contributed by atoms with Gasteiger partial charge < -0.3 is 5.32 Å². The molecule has 2 rings (SSSR count). The van der Waals surface area contributed by atoms with E-state index in [4.69, 9.17) is 0 Å². The highest BCUT2D eigenvalue weighted by molar-refractivity contribution is 9.11. The van der Waals surface area contributed by atoms with Gasteiger partial charge in [0.25, 0.3) is 0 Å². The number of halogens is 2. The van der Waals surface area contributed by atoms with Gasteiger partial charge in [-0.3, -0.25) is 0 Å². The van der Waals surface area contributed by atoms with E-state index < -0.39 is 0 Å². The number of aryl methyl sites for hydroxylation is 1. The average molecular weight is 397 g/mol. The molecule has 0 aromatic heterocycles. The molecule has 2 aromatic rings. The van der Waals surface area contributed by atoms with Crippen LogP contribution in [0.1, 0.15) is 36.6 Å². The lowest BCUT2D eigenvalue weighted by atomic mass is 9.96. The summed E-state index contributed by atoms with van der Waals surface area (Å²) >= 11 is 7.19. The van der Waals surface area contributed by atoms with E-state index in [0.717, 1.165) is 21.9 Å².